The fourth-order valence-corrected chi connectivity index (χ4v) is 6.35. The molecule has 1 amide bonds. The van der Waals surface area contributed by atoms with Gasteiger partial charge in [-0.15, -0.1) is 0 Å². The van der Waals surface area contributed by atoms with Crippen molar-refractivity contribution in [3.05, 3.63) is 0 Å². The maximum absolute atomic E-state index is 13.1. The number of carbonyl (C=O) groups excluding carboxylic acids is 1. The van der Waals surface area contributed by atoms with Gasteiger partial charge in [0, 0.05) is 12.0 Å². The number of alkyl carbamates (subject to hydrolysis) is 1. The molecule has 0 heterocycles. The van der Waals surface area contributed by atoms with Crippen LogP contribution in [-0.2, 0) is 14.9 Å². The van der Waals surface area contributed by atoms with Crippen molar-refractivity contribution in [1.29, 1.82) is 0 Å². The fourth-order valence-electron chi connectivity index (χ4n) is 5.95. The molecule has 29 heavy (non-hydrogen) atoms. The Morgan fingerprint density at radius 2 is 1.45 bits per heavy atom. The second-order valence-corrected chi connectivity index (χ2v) is 11.0. The van der Waals surface area contributed by atoms with Crippen molar-refractivity contribution >= 4 is 16.2 Å². The van der Waals surface area contributed by atoms with E-state index in [-0.39, 0.29) is 18.1 Å². The minimum atomic E-state index is -5.32. The van der Waals surface area contributed by atoms with Crippen LogP contribution < -0.4 is 5.32 Å². The first-order valence-electron chi connectivity index (χ1n) is 10.9. The van der Waals surface area contributed by atoms with E-state index < -0.39 is 21.8 Å². The number of halogens is 2. The molecule has 168 valence electrons. The number of hydrogen-bond donors (Lipinski definition) is 2. The molecule has 0 saturated heterocycles. The summed E-state index contributed by atoms with van der Waals surface area (Å²) in [7, 11) is -5.32. The Balaban J connectivity index is 1.21. The summed E-state index contributed by atoms with van der Waals surface area (Å²) in [6.07, 6.45) is 9.60. The molecule has 4 fully saturated rings. The van der Waals surface area contributed by atoms with Gasteiger partial charge in [0.25, 0.3) is 0 Å². The van der Waals surface area contributed by atoms with Crippen molar-refractivity contribution in [2.45, 2.75) is 94.3 Å². The van der Waals surface area contributed by atoms with E-state index >= 15 is 0 Å². The molecule has 4 aliphatic rings. The Labute approximate surface area is 171 Å². The fraction of sp³-hybridized carbons (Fsp3) is 0.950. The molecule has 0 aromatic rings. The Hall–Kier alpha value is -0.960. The van der Waals surface area contributed by atoms with Crippen molar-refractivity contribution < 1.29 is 31.3 Å². The van der Waals surface area contributed by atoms with Crippen LogP contribution in [0.15, 0.2) is 0 Å². The molecule has 4 saturated carbocycles. The van der Waals surface area contributed by atoms with E-state index in [2.05, 4.69) is 5.32 Å². The number of ether oxygens (including phenoxy) is 1. The Bertz CT molecular complexity index is 647. The van der Waals surface area contributed by atoms with Gasteiger partial charge in [-0.25, -0.2) is 4.79 Å². The lowest BCUT2D eigenvalue weighted by atomic mass is 9.53. The van der Waals surface area contributed by atoms with Crippen LogP contribution in [0.3, 0.4) is 0 Å². The first kappa shape index (κ1) is 22.7. The van der Waals surface area contributed by atoms with Crippen LogP contribution in [-0.4, -0.2) is 36.5 Å². The molecule has 0 unspecified atom stereocenters. The quantitative estimate of drug-likeness (QED) is 0.354. The minimum Gasteiger partial charge on any atom is -0.450 e. The van der Waals surface area contributed by atoms with Crippen LogP contribution in [0, 0.1) is 17.8 Å². The van der Waals surface area contributed by atoms with E-state index in [1.54, 1.807) is 0 Å². The van der Waals surface area contributed by atoms with E-state index in [9.17, 15) is 22.0 Å². The first-order valence-corrected chi connectivity index (χ1v) is 12.3. The largest absolute Gasteiger partial charge is 0.450 e. The van der Waals surface area contributed by atoms with E-state index in [0.29, 0.717) is 19.4 Å². The highest BCUT2D eigenvalue weighted by atomic mass is 32.2. The highest BCUT2D eigenvalue weighted by Crippen LogP contribution is 2.55. The summed E-state index contributed by atoms with van der Waals surface area (Å²) in [5.74, 6) is 2.29. The Morgan fingerprint density at radius 3 is 1.97 bits per heavy atom. The standard InChI is InChI=1S/C20H33F2NO5S/c21-20(22,29(25,26)27)7-5-3-1-2-4-6-8-28-18(24)23-19-12-15-9-16(13-19)11-17(10-15)14-19/h15-17H,1-14H2,(H,23,24)(H,25,26,27). The van der Waals surface area contributed by atoms with E-state index in [1.807, 2.05) is 0 Å². The van der Waals surface area contributed by atoms with Crippen molar-refractivity contribution in [2.75, 3.05) is 6.61 Å². The van der Waals surface area contributed by atoms with Crippen LogP contribution in [0.4, 0.5) is 13.6 Å². The lowest BCUT2D eigenvalue weighted by molar-refractivity contribution is -0.0191. The minimum absolute atomic E-state index is 0.0385. The van der Waals surface area contributed by atoms with Gasteiger partial charge in [0.2, 0.25) is 0 Å². The van der Waals surface area contributed by atoms with Crippen LogP contribution in [0.1, 0.15) is 83.5 Å². The molecule has 0 atom stereocenters. The highest BCUT2D eigenvalue weighted by molar-refractivity contribution is 7.86. The van der Waals surface area contributed by atoms with Gasteiger partial charge in [0.15, 0.2) is 0 Å². The van der Waals surface area contributed by atoms with Gasteiger partial charge in [0.05, 0.1) is 6.61 Å². The van der Waals surface area contributed by atoms with Gasteiger partial charge < -0.3 is 10.1 Å². The van der Waals surface area contributed by atoms with Crippen molar-refractivity contribution in [3.63, 3.8) is 0 Å². The van der Waals surface area contributed by atoms with E-state index in [4.69, 9.17) is 9.29 Å². The van der Waals surface area contributed by atoms with Crippen LogP contribution >= 0.6 is 0 Å². The zero-order chi connectivity index (χ0) is 21.1. The molecule has 4 bridgehead atoms. The Morgan fingerprint density at radius 1 is 0.966 bits per heavy atom. The molecule has 4 aliphatic carbocycles. The van der Waals surface area contributed by atoms with Gasteiger partial charge in [-0.3, -0.25) is 4.55 Å². The smallest absolute Gasteiger partial charge is 0.407 e. The highest BCUT2D eigenvalue weighted by Gasteiger charge is 2.51. The van der Waals surface area contributed by atoms with Crippen molar-refractivity contribution in [3.8, 4) is 0 Å². The van der Waals surface area contributed by atoms with Gasteiger partial charge in [-0.2, -0.15) is 17.2 Å². The van der Waals surface area contributed by atoms with E-state index in [0.717, 1.165) is 56.3 Å². The van der Waals surface area contributed by atoms with E-state index in [1.165, 1.54) is 19.3 Å². The third-order valence-electron chi connectivity index (χ3n) is 6.88. The summed E-state index contributed by atoms with van der Waals surface area (Å²) in [5, 5.41) is -0.897. The van der Waals surface area contributed by atoms with Crippen LogP contribution in [0.25, 0.3) is 0 Å². The Kier molecular flexibility index (Phi) is 7.08. The van der Waals surface area contributed by atoms with Gasteiger partial charge >= 0.3 is 21.5 Å². The molecule has 9 heteroatoms. The van der Waals surface area contributed by atoms with Crippen LogP contribution in [0.5, 0.6) is 0 Å². The second-order valence-electron chi connectivity index (χ2n) is 9.44. The summed E-state index contributed by atoms with van der Waals surface area (Å²) >= 11 is 0. The molecule has 4 rings (SSSR count). The molecule has 0 radical (unpaired) electrons. The lowest BCUT2D eigenvalue weighted by Gasteiger charge is -2.56. The number of alkyl halides is 2. The molecule has 0 aliphatic heterocycles. The number of amides is 1. The number of hydrogen-bond acceptors (Lipinski definition) is 4. The molecule has 0 aromatic heterocycles. The van der Waals surface area contributed by atoms with Crippen molar-refractivity contribution in [2.24, 2.45) is 17.8 Å². The summed E-state index contributed by atoms with van der Waals surface area (Å²) in [4.78, 5) is 12.2. The van der Waals surface area contributed by atoms with Crippen molar-refractivity contribution in [1.82, 2.24) is 5.32 Å². The zero-order valence-corrected chi connectivity index (χ0v) is 17.7. The number of unbranched alkanes of at least 4 members (excludes halogenated alkanes) is 5. The maximum Gasteiger partial charge on any atom is 0.407 e. The number of rotatable bonds is 11. The summed E-state index contributed by atoms with van der Waals surface area (Å²) < 4.78 is 60.9. The van der Waals surface area contributed by atoms with Gasteiger partial charge in [-0.1, -0.05) is 25.7 Å². The molecular formula is C20H33F2NO5S. The average molecular weight is 438 g/mol. The maximum atomic E-state index is 13.1. The molecule has 2 N–H and O–H groups in total. The molecule has 0 spiro atoms. The summed E-state index contributed by atoms with van der Waals surface area (Å²) in [6, 6.07) is 0. The molecule has 0 aromatic carbocycles. The first-order chi connectivity index (χ1) is 13.6. The van der Waals surface area contributed by atoms with Crippen LogP contribution in [0.2, 0.25) is 0 Å². The normalized spacial score (nSPS) is 31.1. The number of nitrogens with one attached hydrogen (secondary N) is 1. The predicted octanol–water partition coefficient (Wildman–Crippen LogP) is 4.89. The van der Waals surface area contributed by atoms with Gasteiger partial charge in [0.1, 0.15) is 0 Å². The zero-order valence-electron chi connectivity index (χ0n) is 16.9. The molecular weight excluding hydrogens is 404 g/mol. The summed E-state index contributed by atoms with van der Waals surface area (Å²) in [5.41, 5.74) is -0.0457. The topological polar surface area (TPSA) is 92.7 Å². The lowest BCUT2D eigenvalue weighted by Crippen LogP contribution is -2.59. The van der Waals surface area contributed by atoms with Gasteiger partial charge in [-0.05, 0) is 69.1 Å². The predicted molar refractivity (Wildman–Crippen MR) is 104 cm³/mol. The monoisotopic (exact) mass is 437 g/mol. The second kappa shape index (κ2) is 9.04. The molecule has 6 nitrogen and oxygen atoms in total. The SMILES string of the molecule is O=C(NC12CC3CC(CC(C3)C1)C2)OCCCCCCCCC(F)(F)S(=O)(=O)O. The third kappa shape index (κ3) is 6.03. The third-order valence-corrected chi connectivity index (χ3v) is 7.84. The average Bonchev–Trinajstić information content (AvgIpc) is 2.57. The number of carbonyl (C=O) groups is 1. The summed E-state index contributed by atoms with van der Waals surface area (Å²) in [6.45, 7) is 0.346.